The standard InChI is InChI=1S/C46H28N4/c1-2-13-29(14-3-1)44-48-45(39-22-12-21-33-34(39)25-24-32-27-30-15-4-5-16-31(30)28-40(32)33)50-46(49-44)43-37-19-8-6-17-35(37)42(41-23-10-11-26-47-41)36-18-7-9-20-38(36)43/h1-28H. The lowest BCUT2D eigenvalue weighted by molar-refractivity contribution is 1.08. The second kappa shape index (κ2) is 11.4. The third-order valence-corrected chi connectivity index (χ3v) is 9.73. The summed E-state index contributed by atoms with van der Waals surface area (Å²) >= 11 is 0. The largest absolute Gasteiger partial charge is 0.256 e. The predicted octanol–water partition coefficient (Wildman–Crippen LogP) is 11.7. The number of benzene rings is 8. The topological polar surface area (TPSA) is 51.6 Å². The van der Waals surface area contributed by atoms with E-state index in [1.807, 2.05) is 36.5 Å². The molecule has 0 aliphatic heterocycles. The highest BCUT2D eigenvalue weighted by Gasteiger charge is 2.21. The molecule has 0 spiro atoms. The Morgan fingerprint density at radius 3 is 1.64 bits per heavy atom. The molecule has 0 unspecified atom stereocenters. The molecule has 0 saturated carbocycles. The monoisotopic (exact) mass is 636 g/mol. The molecule has 8 aromatic carbocycles. The van der Waals surface area contributed by atoms with Crippen LogP contribution in [-0.2, 0) is 0 Å². The lowest BCUT2D eigenvalue weighted by atomic mass is 9.89. The Bertz CT molecular complexity index is 2860. The zero-order chi connectivity index (χ0) is 33.0. The minimum Gasteiger partial charge on any atom is -0.256 e. The zero-order valence-corrected chi connectivity index (χ0v) is 27.0. The summed E-state index contributed by atoms with van der Waals surface area (Å²) < 4.78 is 0. The molecule has 2 heterocycles. The van der Waals surface area contributed by atoms with E-state index in [1.54, 1.807) is 0 Å². The smallest absolute Gasteiger partial charge is 0.165 e. The summed E-state index contributed by atoms with van der Waals surface area (Å²) in [5.74, 6) is 1.91. The Morgan fingerprint density at radius 2 is 0.920 bits per heavy atom. The van der Waals surface area contributed by atoms with Crippen molar-refractivity contribution in [1.29, 1.82) is 0 Å². The van der Waals surface area contributed by atoms with E-state index in [0.29, 0.717) is 17.5 Å². The quantitative estimate of drug-likeness (QED) is 0.142. The van der Waals surface area contributed by atoms with Crippen LogP contribution in [0.2, 0.25) is 0 Å². The van der Waals surface area contributed by atoms with Crippen molar-refractivity contribution in [1.82, 2.24) is 19.9 Å². The molecular formula is C46H28N4. The summed E-state index contributed by atoms with van der Waals surface area (Å²) in [5.41, 5.74) is 4.93. The molecule has 232 valence electrons. The van der Waals surface area contributed by atoms with Crippen LogP contribution in [0.5, 0.6) is 0 Å². The Kier molecular flexibility index (Phi) is 6.46. The van der Waals surface area contributed by atoms with Gasteiger partial charge in [0.2, 0.25) is 0 Å². The highest BCUT2D eigenvalue weighted by atomic mass is 15.0. The summed E-state index contributed by atoms with van der Waals surface area (Å²) in [6.07, 6.45) is 1.85. The predicted molar refractivity (Wildman–Crippen MR) is 207 cm³/mol. The Hall–Kier alpha value is -6.78. The van der Waals surface area contributed by atoms with Crippen LogP contribution in [0.1, 0.15) is 0 Å². The van der Waals surface area contributed by atoms with Gasteiger partial charge in [-0.2, -0.15) is 0 Å². The fourth-order valence-electron chi connectivity index (χ4n) is 7.46. The normalized spacial score (nSPS) is 11.6. The molecule has 4 nitrogen and oxygen atoms in total. The highest BCUT2D eigenvalue weighted by Crippen LogP contribution is 2.43. The van der Waals surface area contributed by atoms with E-state index in [-0.39, 0.29) is 0 Å². The summed E-state index contributed by atoms with van der Waals surface area (Å²) in [4.78, 5) is 20.5. The molecule has 2 aromatic heterocycles. The number of nitrogens with zero attached hydrogens (tertiary/aromatic N) is 4. The molecule has 0 amide bonds. The fourth-order valence-corrected chi connectivity index (χ4v) is 7.46. The van der Waals surface area contributed by atoms with Crippen LogP contribution in [0.15, 0.2) is 170 Å². The van der Waals surface area contributed by atoms with Crippen molar-refractivity contribution in [3.63, 3.8) is 0 Å². The lowest BCUT2D eigenvalue weighted by Gasteiger charge is -2.17. The number of hydrogen-bond donors (Lipinski definition) is 0. The molecule has 0 aliphatic rings. The molecule has 0 saturated heterocycles. The number of rotatable bonds is 4. The van der Waals surface area contributed by atoms with Gasteiger partial charge >= 0.3 is 0 Å². The second-order valence-electron chi connectivity index (χ2n) is 12.6. The molecule has 0 N–H and O–H groups in total. The van der Waals surface area contributed by atoms with Gasteiger partial charge in [-0.05, 0) is 78.1 Å². The Morgan fingerprint density at radius 1 is 0.320 bits per heavy atom. The molecule has 10 rings (SSSR count). The van der Waals surface area contributed by atoms with E-state index in [2.05, 4.69) is 133 Å². The van der Waals surface area contributed by atoms with E-state index in [1.165, 1.54) is 26.9 Å². The van der Waals surface area contributed by atoms with Crippen molar-refractivity contribution in [2.24, 2.45) is 0 Å². The summed E-state index contributed by atoms with van der Waals surface area (Å²) in [7, 11) is 0. The maximum Gasteiger partial charge on any atom is 0.165 e. The van der Waals surface area contributed by atoms with Gasteiger partial charge in [0, 0.05) is 28.5 Å². The van der Waals surface area contributed by atoms with Gasteiger partial charge in [-0.1, -0.05) is 140 Å². The van der Waals surface area contributed by atoms with Gasteiger partial charge in [0.15, 0.2) is 17.5 Å². The third kappa shape index (κ3) is 4.54. The van der Waals surface area contributed by atoms with Crippen LogP contribution < -0.4 is 0 Å². The molecule has 4 heteroatoms. The summed E-state index contributed by atoms with van der Waals surface area (Å²) in [6.45, 7) is 0. The molecule has 0 bridgehead atoms. The zero-order valence-electron chi connectivity index (χ0n) is 27.0. The molecule has 0 fully saturated rings. The van der Waals surface area contributed by atoms with Gasteiger partial charge in [0.05, 0.1) is 5.69 Å². The summed E-state index contributed by atoms with van der Waals surface area (Å²) in [5, 5.41) is 11.5. The van der Waals surface area contributed by atoms with Crippen molar-refractivity contribution >= 4 is 53.9 Å². The first kappa shape index (κ1) is 28.3. The average Bonchev–Trinajstić information content (AvgIpc) is 3.19. The van der Waals surface area contributed by atoms with Gasteiger partial charge in [-0.3, -0.25) is 4.98 Å². The Balaban J connectivity index is 1.28. The van der Waals surface area contributed by atoms with E-state index in [9.17, 15) is 0 Å². The first-order chi connectivity index (χ1) is 24.8. The molecular weight excluding hydrogens is 609 g/mol. The lowest BCUT2D eigenvalue weighted by Crippen LogP contribution is -2.02. The van der Waals surface area contributed by atoms with E-state index < -0.39 is 0 Å². The molecule has 0 aliphatic carbocycles. The van der Waals surface area contributed by atoms with Crippen molar-refractivity contribution in [2.75, 3.05) is 0 Å². The minimum absolute atomic E-state index is 0.636. The van der Waals surface area contributed by atoms with Crippen LogP contribution in [0, 0.1) is 0 Å². The van der Waals surface area contributed by atoms with E-state index in [0.717, 1.165) is 54.9 Å². The fraction of sp³-hybridized carbons (Fsp3) is 0. The first-order valence-corrected chi connectivity index (χ1v) is 16.8. The van der Waals surface area contributed by atoms with Crippen molar-refractivity contribution in [2.45, 2.75) is 0 Å². The van der Waals surface area contributed by atoms with Crippen LogP contribution in [0.3, 0.4) is 0 Å². The number of aromatic nitrogens is 4. The Labute approximate surface area is 288 Å². The van der Waals surface area contributed by atoms with Gasteiger partial charge in [0.25, 0.3) is 0 Å². The highest BCUT2D eigenvalue weighted by molar-refractivity contribution is 6.20. The van der Waals surface area contributed by atoms with Crippen LogP contribution in [0.4, 0.5) is 0 Å². The van der Waals surface area contributed by atoms with Crippen molar-refractivity contribution in [3.05, 3.63) is 170 Å². The summed E-state index contributed by atoms with van der Waals surface area (Å²) in [6, 6.07) is 57.3. The molecule has 10 aromatic rings. The number of pyridine rings is 1. The van der Waals surface area contributed by atoms with Crippen molar-refractivity contribution in [3.8, 4) is 45.4 Å². The molecule has 50 heavy (non-hydrogen) atoms. The van der Waals surface area contributed by atoms with Gasteiger partial charge in [-0.15, -0.1) is 0 Å². The maximum absolute atomic E-state index is 5.34. The minimum atomic E-state index is 0.636. The number of hydrogen-bond acceptors (Lipinski definition) is 4. The van der Waals surface area contributed by atoms with Crippen LogP contribution >= 0.6 is 0 Å². The van der Waals surface area contributed by atoms with Crippen molar-refractivity contribution < 1.29 is 0 Å². The third-order valence-electron chi connectivity index (χ3n) is 9.73. The van der Waals surface area contributed by atoms with E-state index >= 15 is 0 Å². The van der Waals surface area contributed by atoms with Gasteiger partial charge in [0.1, 0.15) is 0 Å². The first-order valence-electron chi connectivity index (χ1n) is 16.8. The SMILES string of the molecule is c1ccc(-c2nc(-c3c4ccccc4c(-c4ccccn4)c4ccccc34)nc(-c3cccc4c3ccc3cc5ccccc5cc34)n2)cc1. The maximum atomic E-state index is 5.34. The van der Waals surface area contributed by atoms with Gasteiger partial charge < -0.3 is 0 Å². The van der Waals surface area contributed by atoms with Crippen LogP contribution in [-0.4, -0.2) is 19.9 Å². The number of fused-ring (bicyclic) bond motifs is 6. The molecule has 0 radical (unpaired) electrons. The molecule has 0 atom stereocenters. The van der Waals surface area contributed by atoms with Crippen LogP contribution in [0.25, 0.3) is 99.3 Å². The van der Waals surface area contributed by atoms with Gasteiger partial charge in [-0.25, -0.2) is 15.0 Å². The van der Waals surface area contributed by atoms with E-state index in [4.69, 9.17) is 19.9 Å². The average molecular weight is 637 g/mol. The second-order valence-corrected chi connectivity index (χ2v) is 12.6.